The molecule has 1 heterocycles. The molecular weight excluding hydrogens is 503 g/mol. The predicted octanol–water partition coefficient (Wildman–Crippen LogP) is 4.76. The fraction of sp³-hybridized carbons (Fsp3) is 0.375. The largest absolute Gasteiger partial charge is 0.491 e. The minimum Gasteiger partial charge on any atom is -0.491 e. The molecule has 7 heteroatoms. The van der Waals surface area contributed by atoms with E-state index in [2.05, 4.69) is 71.9 Å². The minimum absolute atomic E-state index is 0. The first-order valence-corrected chi connectivity index (χ1v) is 10.6. The average Bonchev–Trinajstić information content (AvgIpc) is 3.17. The molecule has 0 atom stereocenters. The molecule has 0 saturated heterocycles. The molecule has 0 spiro atoms. The highest BCUT2D eigenvalue weighted by molar-refractivity contribution is 14.0. The molecule has 0 amide bonds. The third kappa shape index (κ3) is 7.74. The van der Waals surface area contributed by atoms with Gasteiger partial charge in [-0.2, -0.15) is 0 Å². The van der Waals surface area contributed by atoms with E-state index in [9.17, 15) is 0 Å². The number of aryl methyl sites for hydroxylation is 1. The molecule has 3 rings (SSSR count). The second kappa shape index (κ2) is 13.2. The van der Waals surface area contributed by atoms with E-state index in [-0.39, 0.29) is 24.0 Å². The van der Waals surface area contributed by atoms with Crippen molar-refractivity contribution in [1.29, 1.82) is 0 Å². The lowest BCUT2D eigenvalue weighted by atomic mass is 10.1. The summed E-state index contributed by atoms with van der Waals surface area (Å²) in [6.07, 6.45) is 0. The number of guanidine groups is 1. The second-order valence-corrected chi connectivity index (χ2v) is 7.09. The lowest BCUT2D eigenvalue weighted by molar-refractivity contribution is 0.110. The summed E-state index contributed by atoms with van der Waals surface area (Å²) in [5, 5.41) is 7.93. The highest BCUT2D eigenvalue weighted by Crippen LogP contribution is 2.21. The molecule has 0 bridgehead atoms. The summed E-state index contributed by atoms with van der Waals surface area (Å²) in [4.78, 5) is 8.20. The van der Waals surface area contributed by atoms with E-state index in [1.54, 1.807) is 0 Å². The van der Waals surface area contributed by atoms with Crippen LogP contribution >= 0.6 is 24.0 Å². The number of aromatic nitrogens is 1. The Kier molecular flexibility index (Phi) is 10.7. The number of rotatable bonds is 10. The Morgan fingerprint density at radius 2 is 1.87 bits per heavy atom. The van der Waals surface area contributed by atoms with Gasteiger partial charge in [0.15, 0.2) is 5.96 Å². The van der Waals surface area contributed by atoms with Gasteiger partial charge in [-0.05, 0) is 49.9 Å². The number of aliphatic imine (C=N–C) groups is 1. The normalized spacial score (nSPS) is 11.3. The lowest BCUT2D eigenvalue weighted by Crippen LogP contribution is -2.36. The Morgan fingerprint density at radius 3 is 2.65 bits per heavy atom. The second-order valence-electron chi connectivity index (χ2n) is 7.09. The highest BCUT2D eigenvalue weighted by Gasteiger charge is 2.06. The van der Waals surface area contributed by atoms with Crippen molar-refractivity contribution in [2.24, 2.45) is 4.99 Å². The number of benzene rings is 2. The number of nitrogens with zero attached hydrogens (tertiary/aromatic N) is 1. The Bertz CT molecular complexity index is 938. The number of hydrogen-bond acceptors (Lipinski definition) is 3. The molecule has 0 radical (unpaired) electrons. The molecule has 0 saturated carbocycles. The number of nitrogens with one attached hydrogen (secondary N) is 3. The zero-order chi connectivity index (χ0) is 21.2. The maximum absolute atomic E-state index is 5.94. The number of fused-ring (bicyclic) bond motifs is 1. The summed E-state index contributed by atoms with van der Waals surface area (Å²) in [6, 6.07) is 16.7. The standard InChI is InChI=1S/C24H32N4O2.HI/c1-4-25-24(27-17-21-15-19-8-6-7-9-22(19)28-21)26-16-20-11-10-18(3)14-23(20)30-13-12-29-5-2;/h6-11,14-15,28H,4-5,12-13,16-17H2,1-3H3,(H2,25,26,27);1H. The third-order valence-corrected chi connectivity index (χ3v) is 4.70. The quantitative estimate of drug-likeness (QED) is 0.151. The Morgan fingerprint density at radius 1 is 1.03 bits per heavy atom. The van der Waals surface area contributed by atoms with E-state index < -0.39 is 0 Å². The van der Waals surface area contributed by atoms with Gasteiger partial charge in [0.1, 0.15) is 12.4 Å². The van der Waals surface area contributed by atoms with Gasteiger partial charge in [0.2, 0.25) is 0 Å². The van der Waals surface area contributed by atoms with Crippen molar-refractivity contribution in [3.63, 3.8) is 0 Å². The maximum Gasteiger partial charge on any atom is 0.191 e. The first kappa shape index (κ1) is 25.0. The van der Waals surface area contributed by atoms with E-state index in [1.807, 2.05) is 13.0 Å². The number of aromatic amines is 1. The van der Waals surface area contributed by atoms with Crippen molar-refractivity contribution < 1.29 is 9.47 Å². The molecule has 3 N–H and O–H groups in total. The molecule has 0 unspecified atom stereocenters. The number of H-pyrrole nitrogens is 1. The van der Waals surface area contributed by atoms with Crippen LogP contribution in [0.4, 0.5) is 0 Å². The molecule has 31 heavy (non-hydrogen) atoms. The summed E-state index contributed by atoms with van der Waals surface area (Å²) in [5.74, 6) is 1.64. The third-order valence-electron chi connectivity index (χ3n) is 4.70. The summed E-state index contributed by atoms with van der Waals surface area (Å²) in [6.45, 7) is 9.93. The van der Waals surface area contributed by atoms with Crippen LogP contribution in [0.2, 0.25) is 0 Å². The molecular formula is C24H33IN4O2. The van der Waals surface area contributed by atoms with Crippen molar-refractivity contribution in [2.45, 2.75) is 33.9 Å². The molecule has 2 aromatic carbocycles. The maximum atomic E-state index is 5.94. The van der Waals surface area contributed by atoms with E-state index >= 15 is 0 Å². The average molecular weight is 536 g/mol. The monoisotopic (exact) mass is 536 g/mol. The van der Waals surface area contributed by atoms with Crippen molar-refractivity contribution >= 4 is 40.8 Å². The lowest BCUT2D eigenvalue weighted by Gasteiger charge is -2.13. The van der Waals surface area contributed by atoms with Crippen LogP contribution < -0.4 is 15.4 Å². The summed E-state index contributed by atoms with van der Waals surface area (Å²) >= 11 is 0. The van der Waals surface area contributed by atoms with Crippen molar-refractivity contribution in [3.8, 4) is 5.75 Å². The van der Waals surface area contributed by atoms with Crippen LogP contribution in [0, 0.1) is 6.92 Å². The molecule has 0 fully saturated rings. The Balaban J connectivity index is 0.00000341. The number of para-hydroxylation sites is 1. The summed E-state index contributed by atoms with van der Waals surface area (Å²) in [7, 11) is 0. The van der Waals surface area contributed by atoms with Crippen LogP contribution in [-0.4, -0.2) is 37.3 Å². The molecule has 6 nitrogen and oxygen atoms in total. The van der Waals surface area contributed by atoms with E-state index in [1.165, 1.54) is 5.39 Å². The van der Waals surface area contributed by atoms with E-state index in [4.69, 9.17) is 14.5 Å². The SMILES string of the molecule is CCNC(=NCc1ccc(C)cc1OCCOCC)NCc1cc2ccccc2[nH]1.I. The molecule has 1 aromatic heterocycles. The van der Waals surface area contributed by atoms with Crippen LogP contribution in [-0.2, 0) is 17.8 Å². The van der Waals surface area contributed by atoms with Gasteiger partial charge in [-0.3, -0.25) is 0 Å². The predicted molar refractivity (Wildman–Crippen MR) is 139 cm³/mol. The Labute approximate surface area is 201 Å². The van der Waals surface area contributed by atoms with Gasteiger partial charge in [0.05, 0.1) is 19.7 Å². The van der Waals surface area contributed by atoms with Crippen molar-refractivity contribution in [1.82, 2.24) is 15.6 Å². The summed E-state index contributed by atoms with van der Waals surface area (Å²) in [5.41, 5.74) is 4.49. The number of ether oxygens (including phenoxy) is 2. The van der Waals surface area contributed by atoms with Crippen LogP contribution in [0.5, 0.6) is 5.75 Å². The van der Waals surface area contributed by atoms with Crippen molar-refractivity contribution in [2.75, 3.05) is 26.4 Å². The number of halogens is 1. The first-order valence-electron chi connectivity index (χ1n) is 10.6. The van der Waals surface area contributed by atoms with Gasteiger partial charge in [-0.1, -0.05) is 30.3 Å². The fourth-order valence-corrected chi connectivity index (χ4v) is 3.20. The topological polar surface area (TPSA) is 70.7 Å². The smallest absolute Gasteiger partial charge is 0.191 e. The number of hydrogen-bond donors (Lipinski definition) is 3. The summed E-state index contributed by atoms with van der Waals surface area (Å²) < 4.78 is 11.3. The molecule has 3 aromatic rings. The van der Waals surface area contributed by atoms with Crippen LogP contribution in [0.25, 0.3) is 10.9 Å². The van der Waals surface area contributed by atoms with E-state index in [0.717, 1.165) is 40.6 Å². The van der Waals surface area contributed by atoms with Gasteiger partial charge in [0.25, 0.3) is 0 Å². The van der Waals surface area contributed by atoms with Gasteiger partial charge in [-0.25, -0.2) is 4.99 Å². The van der Waals surface area contributed by atoms with Crippen molar-refractivity contribution in [3.05, 3.63) is 65.4 Å². The van der Waals surface area contributed by atoms with E-state index in [0.29, 0.717) is 32.9 Å². The molecule has 0 aliphatic rings. The molecule has 0 aliphatic heterocycles. The first-order chi connectivity index (χ1) is 14.7. The van der Waals surface area contributed by atoms with Gasteiger partial charge < -0.3 is 25.1 Å². The molecule has 168 valence electrons. The van der Waals surface area contributed by atoms with Crippen LogP contribution in [0.3, 0.4) is 0 Å². The highest BCUT2D eigenvalue weighted by atomic mass is 127. The zero-order valence-corrected chi connectivity index (χ0v) is 20.9. The van der Waals surface area contributed by atoms with Gasteiger partial charge in [-0.15, -0.1) is 24.0 Å². The minimum atomic E-state index is 0. The van der Waals surface area contributed by atoms with Gasteiger partial charge in [0, 0.05) is 29.9 Å². The van der Waals surface area contributed by atoms with Crippen LogP contribution in [0.15, 0.2) is 53.5 Å². The molecule has 0 aliphatic carbocycles. The van der Waals surface area contributed by atoms with Crippen LogP contribution in [0.1, 0.15) is 30.7 Å². The Hall–Kier alpha value is -2.26. The van der Waals surface area contributed by atoms with Gasteiger partial charge >= 0.3 is 0 Å². The zero-order valence-electron chi connectivity index (χ0n) is 18.5. The fourth-order valence-electron chi connectivity index (χ4n) is 3.20.